The van der Waals surface area contributed by atoms with E-state index in [0.717, 1.165) is 37.9 Å². The zero-order valence-corrected chi connectivity index (χ0v) is 20.0. The van der Waals surface area contributed by atoms with Crippen molar-refractivity contribution in [3.05, 3.63) is 28.2 Å². The first-order valence-electron chi connectivity index (χ1n) is 10.3. The molecule has 0 radical (unpaired) electrons. The molecule has 8 nitrogen and oxygen atoms in total. The van der Waals surface area contributed by atoms with Crippen molar-refractivity contribution in [2.24, 2.45) is 0 Å². The first-order valence-corrected chi connectivity index (χ1v) is 13.0. The lowest BCUT2D eigenvalue weighted by molar-refractivity contribution is -0.0180. The van der Waals surface area contributed by atoms with Gasteiger partial charge in [0.15, 0.2) is 0 Å². The van der Waals surface area contributed by atoms with Crippen molar-refractivity contribution < 1.29 is 22.7 Å². The van der Waals surface area contributed by atoms with Gasteiger partial charge in [0, 0.05) is 25.7 Å². The topological polar surface area (TPSA) is 88.2 Å². The number of ether oxygens (including phenoxy) is 2. The van der Waals surface area contributed by atoms with E-state index in [1.54, 1.807) is 4.90 Å². The van der Waals surface area contributed by atoms with Crippen molar-refractivity contribution in [1.82, 2.24) is 9.62 Å². The zero-order valence-electron chi connectivity index (χ0n) is 17.7. The van der Waals surface area contributed by atoms with Crippen molar-refractivity contribution in [3.8, 4) is 0 Å². The highest BCUT2D eigenvalue weighted by molar-refractivity contribution is 7.88. The number of likely N-dealkylation sites (tertiary alicyclic amines) is 1. The molecule has 1 aromatic carbocycles. The molecule has 1 amide bonds. The fraction of sp³-hybridized carbons (Fsp3) is 0.650. The predicted molar refractivity (Wildman–Crippen MR) is 122 cm³/mol. The number of para-hydroxylation sites is 1. The molecule has 1 N–H and O–H groups in total. The lowest BCUT2D eigenvalue weighted by Crippen LogP contribution is -2.59. The summed E-state index contributed by atoms with van der Waals surface area (Å²) in [5.74, 6) is 0. The summed E-state index contributed by atoms with van der Waals surface area (Å²) in [5.41, 5.74) is 0.839. The lowest BCUT2D eigenvalue weighted by atomic mass is 9.97. The van der Waals surface area contributed by atoms with E-state index in [9.17, 15) is 13.2 Å². The number of amides is 1. The molecule has 3 rings (SSSR count). The average Bonchev–Trinajstić information content (AvgIpc) is 2.72. The highest BCUT2D eigenvalue weighted by Crippen LogP contribution is 2.35. The van der Waals surface area contributed by atoms with Crippen molar-refractivity contribution in [2.45, 2.75) is 43.9 Å². The maximum absolute atomic E-state index is 12.2. The normalized spacial score (nSPS) is 23.1. The Balaban J connectivity index is 1.62. The van der Waals surface area contributed by atoms with Gasteiger partial charge < -0.3 is 19.3 Å². The number of sulfonamides is 1. The minimum Gasteiger partial charge on any atom is -0.453 e. The first kappa shape index (κ1) is 24.4. The number of piperidine rings is 2. The maximum Gasteiger partial charge on any atom is 0.409 e. The van der Waals surface area contributed by atoms with E-state index >= 15 is 0 Å². The summed E-state index contributed by atoms with van der Waals surface area (Å²) in [6.45, 7) is 2.22. The minimum atomic E-state index is -3.42. The Bertz CT molecular complexity index is 857. The molecule has 0 aromatic heterocycles. The second-order valence-electron chi connectivity index (χ2n) is 7.96. The number of nitrogens with zero attached hydrogens (tertiary/aromatic N) is 2. The molecule has 0 bridgehead atoms. The highest BCUT2D eigenvalue weighted by atomic mass is 35.5. The zero-order chi connectivity index (χ0) is 22.6. The standard InChI is InChI=1S/C20H29Cl2N3O5S/c1-29-20(26)25-10-4-7-17(23-31(2,27)28)18(25)13-30-14-8-11-24(12-9-14)19-15(21)5-3-6-16(19)22/h3,5-6,14,17-18,23H,4,7-13H2,1-2H3. The molecule has 2 aliphatic heterocycles. The second kappa shape index (κ2) is 10.6. The van der Waals surface area contributed by atoms with Crippen LogP contribution in [0.2, 0.25) is 10.0 Å². The largest absolute Gasteiger partial charge is 0.453 e. The molecule has 2 unspecified atom stereocenters. The van der Waals surface area contributed by atoms with Crippen LogP contribution in [0.5, 0.6) is 0 Å². The Morgan fingerprint density at radius 3 is 2.39 bits per heavy atom. The second-order valence-corrected chi connectivity index (χ2v) is 10.6. The molecule has 0 spiro atoms. The number of nitrogens with one attached hydrogen (secondary N) is 1. The number of anilines is 1. The molecule has 2 aliphatic rings. The van der Waals surface area contributed by atoms with Gasteiger partial charge in [0.25, 0.3) is 0 Å². The van der Waals surface area contributed by atoms with Gasteiger partial charge in [-0.2, -0.15) is 0 Å². The third-order valence-corrected chi connectivity index (χ3v) is 7.09. The van der Waals surface area contributed by atoms with Crippen LogP contribution in [0.15, 0.2) is 18.2 Å². The Morgan fingerprint density at radius 1 is 1.16 bits per heavy atom. The number of rotatable bonds is 6. The van der Waals surface area contributed by atoms with Crippen LogP contribution in [-0.2, 0) is 19.5 Å². The molecule has 31 heavy (non-hydrogen) atoms. The number of hydrogen-bond acceptors (Lipinski definition) is 6. The maximum atomic E-state index is 12.2. The van der Waals surface area contributed by atoms with E-state index in [-0.39, 0.29) is 12.7 Å². The quantitative estimate of drug-likeness (QED) is 0.654. The van der Waals surface area contributed by atoms with Crippen molar-refractivity contribution in [2.75, 3.05) is 44.5 Å². The summed E-state index contributed by atoms with van der Waals surface area (Å²) < 4.78 is 37.3. The molecule has 2 fully saturated rings. The first-order chi connectivity index (χ1) is 14.7. The van der Waals surface area contributed by atoms with Crippen molar-refractivity contribution in [3.63, 3.8) is 0 Å². The predicted octanol–water partition coefficient (Wildman–Crippen LogP) is 3.13. The van der Waals surface area contributed by atoms with E-state index < -0.39 is 28.2 Å². The van der Waals surface area contributed by atoms with Gasteiger partial charge in [-0.1, -0.05) is 29.3 Å². The number of halogens is 2. The van der Waals surface area contributed by atoms with E-state index in [1.165, 1.54) is 7.11 Å². The van der Waals surface area contributed by atoms with Crippen LogP contribution < -0.4 is 9.62 Å². The number of carbonyl (C=O) groups is 1. The summed E-state index contributed by atoms with van der Waals surface area (Å²) in [5, 5.41) is 1.25. The summed E-state index contributed by atoms with van der Waals surface area (Å²) in [6, 6.07) is 4.63. The van der Waals surface area contributed by atoms with E-state index in [1.807, 2.05) is 18.2 Å². The lowest BCUT2D eigenvalue weighted by Gasteiger charge is -2.41. The van der Waals surface area contributed by atoms with Gasteiger partial charge in [0.2, 0.25) is 10.0 Å². The molecular weight excluding hydrogens is 465 g/mol. The number of benzene rings is 1. The summed E-state index contributed by atoms with van der Waals surface area (Å²) in [7, 11) is -2.09. The minimum absolute atomic E-state index is 0.00202. The molecule has 0 aliphatic carbocycles. The number of methoxy groups -OCH3 is 1. The van der Waals surface area contributed by atoms with Gasteiger partial charge in [0.05, 0.1) is 47.9 Å². The van der Waals surface area contributed by atoms with Crippen LogP contribution in [-0.4, -0.2) is 77.2 Å². The fourth-order valence-corrected chi connectivity index (χ4v) is 5.75. The van der Waals surface area contributed by atoms with E-state index in [4.69, 9.17) is 32.7 Å². The van der Waals surface area contributed by atoms with Crippen molar-refractivity contribution in [1.29, 1.82) is 0 Å². The third-order valence-electron chi connectivity index (χ3n) is 5.75. The highest BCUT2D eigenvalue weighted by Gasteiger charge is 2.37. The Morgan fingerprint density at radius 2 is 1.81 bits per heavy atom. The Labute approximate surface area is 193 Å². The van der Waals surface area contributed by atoms with Gasteiger partial charge >= 0.3 is 6.09 Å². The molecule has 2 saturated heterocycles. The Hall–Kier alpha value is -1.26. The van der Waals surface area contributed by atoms with E-state index in [2.05, 4.69) is 9.62 Å². The van der Waals surface area contributed by atoms with Crippen LogP contribution in [0, 0.1) is 0 Å². The smallest absolute Gasteiger partial charge is 0.409 e. The molecule has 0 saturated carbocycles. The molecule has 2 atom stereocenters. The van der Waals surface area contributed by atoms with Crippen LogP contribution in [0.25, 0.3) is 0 Å². The van der Waals surface area contributed by atoms with Crippen LogP contribution in [0.1, 0.15) is 25.7 Å². The van der Waals surface area contributed by atoms with Crippen LogP contribution >= 0.6 is 23.2 Å². The van der Waals surface area contributed by atoms with Gasteiger partial charge in [-0.15, -0.1) is 0 Å². The molecule has 1 aromatic rings. The average molecular weight is 494 g/mol. The molecule has 174 valence electrons. The van der Waals surface area contributed by atoms with Crippen molar-refractivity contribution >= 4 is 45.0 Å². The summed E-state index contributed by atoms with van der Waals surface area (Å²) in [4.78, 5) is 16.0. The fourth-order valence-electron chi connectivity index (χ4n) is 4.29. The van der Waals surface area contributed by atoms with Crippen LogP contribution in [0.3, 0.4) is 0 Å². The summed E-state index contributed by atoms with van der Waals surface area (Å²) >= 11 is 12.7. The third kappa shape index (κ3) is 6.38. The number of carbonyl (C=O) groups excluding carboxylic acids is 1. The SMILES string of the molecule is COC(=O)N1CCCC(NS(C)(=O)=O)C1COC1CCN(c2c(Cl)cccc2Cl)CC1. The van der Waals surface area contributed by atoms with Gasteiger partial charge in [-0.05, 0) is 37.8 Å². The molecule has 2 heterocycles. The van der Waals surface area contributed by atoms with Gasteiger partial charge in [-0.3, -0.25) is 0 Å². The molecule has 11 heteroatoms. The monoisotopic (exact) mass is 493 g/mol. The summed E-state index contributed by atoms with van der Waals surface area (Å²) in [6.07, 6.45) is 3.52. The van der Waals surface area contributed by atoms with Crippen LogP contribution in [0.4, 0.5) is 10.5 Å². The molecular formula is C20H29Cl2N3O5S. The number of hydrogen-bond donors (Lipinski definition) is 1. The van der Waals surface area contributed by atoms with Gasteiger partial charge in [-0.25, -0.2) is 17.9 Å². The van der Waals surface area contributed by atoms with Gasteiger partial charge in [0.1, 0.15) is 0 Å². The Kier molecular flexibility index (Phi) is 8.31. The van der Waals surface area contributed by atoms with E-state index in [0.29, 0.717) is 29.4 Å².